The maximum Gasteiger partial charge on any atom is 0.405 e. The summed E-state index contributed by atoms with van der Waals surface area (Å²) in [7, 11) is 0. The maximum absolute atomic E-state index is 10.1. The monoisotopic (exact) mass is 218 g/mol. The van der Waals surface area contributed by atoms with Gasteiger partial charge in [0, 0.05) is 4.88 Å². The predicted octanol–water partition coefficient (Wildman–Crippen LogP) is 2.08. The highest BCUT2D eigenvalue weighted by molar-refractivity contribution is 8.01. The number of thioether (sulfide) groups is 1. The minimum atomic E-state index is -1.00. The molecule has 0 atom stereocenters. The Morgan fingerprint density at radius 3 is 2.85 bits per heavy atom. The zero-order valence-corrected chi connectivity index (χ0v) is 8.96. The van der Waals surface area contributed by atoms with Crippen molar-refractivity contribution in [2.75, 3.05) is 5.88 Å². The molecule has 0 fully saturated rings. The number of carbonyl (C=O) groups is 1. The number of hydrogen-bond donors (Lipinski definition) is 2. The third-order valence-corrected chi connectivity index (χ3v) is 3.53. The Kier molecular flexibility index (Phi) is 3.56. The molecule has 13 heavy (non-hydrogen) atoms. The van der Waals surface area contributed by atoms with Gasteiger partial charge < -0.3 is 10.4 Å². The first-order chi connectivity index (χ1) is 6.09. The fourth-order valence-electron chi connectivity index (χ4n) is 0.665. The van der Waals surface area contributed by atoms with E-state index in [-0.39, 0.29) is 0 Å². The van der Waals surface area contributed by atoms with E-state index < -0.39 is 6.09 Å². The van der Waals surface area contributed by atoms with Crippen LogP contribution in [0.25, 0.3) is 0 Å². The smallest absolute Gasteiger partial charge is 0.405 e. The SMILES string of the molecule is Cc1nc(SCNC(=O)O)sc1C. The van der Waals surface area contributed by atoms with Crippen molar-refractivity contribution in [1.82, 2.24) is 10.3 Å². The van der Waals surface area contributed by atoms with Crippen LogP contribution < -0.4 is 5.32 Å². The van der Waals surface area contributed by atoms with Gasteiger partial charge in [-0.15, -0.1) is 11.3 Å². The molecule has 0 aliphatic carbocycles. The number of rotatable bonds is 3. The molecule has 1 rings (SSSR count). The minimum absolute atomic E-state index is 0.349. The van der Waals surface area contributed by atoms with E-state index >= 15 is 0 Å². The first-order valence-corrected chi connectivity index (χ1v) is 5.43. The Hall–Kier alpha value is -0.750. The van der Waals surface area contributed by atoms with Gasteiger partial charge in [0.15, 0.2) is 4.34 Å². The summed E-state index contributed by atoms with van der Waals surface area (Å²) in [6.07, 6.45) is -1.00. The predicted molar refractivity (Wildman–Crippen MR) is 53.5 cm³/mol. The number of amides is 1. The number of aromatic nitrogens is 1. The molecule has 1 aromatic rings. The van der Waals surface area contributed by atoms with E-state index in [1.54, 1.807) is 11.3 Å². The van der Waals surface area contributed by atoms with Crippen molar-refractivity contribution >= 4 is 29.2 Å². The molecule has 0 saturated heterocycles. The highest BCUT2D eigenvalue weighted by atomic mass is 32.2. The summed E-state index contributed by atoms with van der Waals surface area (Å²) in [6, 6.07) is 0. The Morgan fingerprint density at radius 2 is 2.38 bits per heavy atom. The van der Waals surface area contributed by atoms with Crippen molar-refractivity contribution in [3.8, 4) is 0 Å². The van der Waals surface area contributed by atoms with Gasteiger partial charge in [-0.05, 0) is 13.8 Å². The summed E-state index contributed by atoms with van der Waals surface area (Å²) < 4.78 is 0.906. The second-order valence-corrected chi connectivity index (χ2v) is 4.82. The molecule has 1 heterocycles. The Labute approximate surface area is 84.4 Å². The number of thiazole rings is 1. The molecule has 1 aromatic heterocycles. The second kappa shape index (κ2) is 4.48. The van der Waals surface area contributed by atoms with Crippen LogP contribution in [0.3, 0.4) is 0 Å². The lowest BCUT2D eigenvalue weighted by molar-refractivity contribution is 0.196. The van der Waals surface area contributed by atoms with Gasteiger partial charge in [0.05, 0.1) is 11.6 Å². The third-order valence-electron chi connectivity index (χ3n) is 1.43. The highest BCUT2D eigenvalue weighted by Crippen LogP contribution is 2.25. The summed E-state index contributed by atoms with van der Waals surface area (Å²) >= 11 is 2.98. The largest absolute Gasteiger partial charge is 0.465 e. The van der Waals surface area contributed by atoms with Crippen LogP contribution in [0.4, 0.5) is 4.79 Å². The normalized spacial score (nSPS) is 10.0. The third kappa shape index (κ3) is 3.23. The average molecular weight is 218 g/mol. The first kappa shape index (κ1) is 10.3. The van der Waals surface area contributed by atoms with Gasteiger partial charge in [-0.25, -0.2) is 9.78 Å². The molecule has 2 N–H and O–H groups in total. The summed E-state index contributed by atoms with van der Waals surface area (Å²) in [6.45, 7) is 3.95. The highest BCUT2D eigenvalue weighted by Gasteiger charge is 2.03. The summed E-state index contributed by atoms with van der Waals surface area (Å²) in [4.78, 5) is 15.6. The molecule has 0 saturated carbocycles. The summed E-state index contributed by atoms with van der Waals surface area (Å²) in [5.74, 6) is 0.349. The topological polar surface area (TPSA) is 62.2 Å². The van der Waals surface area contributed by atoms with Crippen LogP contribution in [0.5, 0.6) is 0 Å². The van der Waals surface area contributed by atoms with Crippen LogP contribution >= 0.6 is 23.1 Å². The van der Waals surface area contributed by atoms with E-state index in [2.05, 4.69) is 10.3 Å². The van der Waals surface area contributed by atoms with Crippen LogP contribution in [-0.2, 0) is 0 Å². The molecular formula is C7H10N2O2S2. The molecule has 0 unspecified atom stereocenters. The molecule has 72 valence electrons. The molecule has 0 aliphatic heterocycles. The molecule has 6 heteroatoms. The molecule has 0 aromatic carbocycles. The Morgan fingerprint density at radius 1 is 1.69 bits per heavy atom. The van der Waals surface area contributed by atoms with Crippen molar-refractivity contribution in [3.63, 3.8) is 0 Å². The summed E-state index contributed by atoms with van der Waals surface area (Å²) in [5.41, 5.74) is 1.02. The maximum atomic E-state index is 10.1. The van der Waals surface area contributed by atoms with Gasteiger partial charge in [0.1, 0.15) is 0 Å². The Bertz CT molecular complexity index is 292. The number of hydrogen-bond acceptors (Lipinski definition) is 4. The fourth-order valence-corrected chi connectivity index (χ4v) is 2.61. The van der Waals surface area contributed by atoms with E-state index in [0.717, 1.165) is 10.0 Å². The molecule has 4 nitrogen and oxygen atoms in total. The van der Waals surface area contributed by atoms with E-state index in [1.807, 2.05) is 13.8 Å². The van der Waals surface area contributed by atoms with Crippen LogP contribution in [0, 0.1) is 13.8 Å². The van der Waals surface area contributed by atoms with Crippen molar-refractivity contribution in [1.29, 1.82) is 0 Å². The molecule has 0 radical (unpaired) electrons. The fraction of sp³-hybridized carbons (Fsp3) is 0.429. The van der Waals surface area contributed by atoms with Crippen molar-refractivity contribution < 1.29 is 9.90 Å². The molecular weight excluding hydrogens is 208 g/mol. The van der Waals surface area contributed by atoms with E-state index in [0.29, 0.717) is 5.88 Å². The van der Waals surface area contributed by atoms with Gasteiger partial charge >= 0.3 is 6.09 Å². The number of nitrogens with zero attached hydrogens (tertiary/aromatic N) is 1. The van der Waals surface area contributed by atoms with Gasteiger partial charge in [0.2, 0.25) is 0 Å². The van der Waals surface area contributed by atoms with Crippen molar-refractivity contribution in [2.24, 2.45) is 0 Å². The van der Waals surface area contributed by atoms with E-state index in [1.165, 1.54) is 16.6 Å². The Balaban J connectivity index is 2.41. The molecule has 1 amide bonds. The van der Waals surface area contributed by atoms with E-state index in [4.69, 9.17) is 5.11 Å². The standard InChI is InChI=1S/C7H10N2O2S2/c1-4-5(2)13-7(9-4)12-3-8-6(10)11/h8H,3H2,1-2H3,(H,10,11). The van der Waals surface area contributed by atoms with Gasteiger partial charge in [-0.2, -0.15) is 0 Å². The molecule has 0 spiro atoms. The quantitative estimate of drug-likeness (QED) is 0.602. The molecule has 0 bridgehead atoms. The van der Waals surface area contributed by atoms with Gasteiger partial charge in [-0.3, -0.25) is 0 Å². The minimum Gasteiger partial charge on any atom is -0.465 e. The second-order valence-electron chi connectivity index (χ2n) is 2.39. The van der Waals surface area contributed by atoms with Crippen LogP contribution in [0.15, 0.2) is 4.34 Å². The van der Waals surface area contributed by atoms with Crippen molar-refractivity contribution in [3.05, 3.63) is 10.6 Å². The zero-order chi connectivity index (χ0) is 9.84. The number of carboxylic acid groups (broad SMARTS) is 1. The van der Waals surface area contributed by atoms with E-state index in [9.17, 15) is 4.79 Å². The van der Waals surface area contributed by atoms with Gasteiger partial charge in [-0.1, -0.05) is 11.8 Å². The van der Waals surface area contributed by atoms with Crippen molar-refractivity contribution in [2.45, 2.75) is 18.2 Å². The number of nitrogens with one attached hydrogen (secondary N) is 1. The lowest BCUT2D eigenvalue weighted by Gasteiger charge is -1.95. The summed E-state index contributed by atoms with van der Waals surface area (Å²) in [5, 5.41) is 10.6. The molecule has 0 aliphatic rings. The first-order valence-electron chi connectivity index (χ1n) is 3.63. The number of aryl methyl sites for hydroxylation is 2. The average Bonchev–Trinajstić information content (AvgIpc) is 2.30. The van der Waals surface area contributed by atoms with Crippen LogP contribution in [0.2, 0.25) is 0 Å². The van der Waals surface area contributed by atoms with Crippen LogP contribution in [0.1, 0.15) is 10.6 Å². The zero-order valence-electron chi connectivity index (χ0n) is 7.33. The van der Waals surface area contributed by atoms with Crippen LogP contribution in [-0.4, -0.2) is 22.1 Å². The van der Waals surface area contributed by atoms with Gasteiger partial charge in [0.25, 0.3) is 0 Å². The lowest BCUT2D eigenvalue weighted by Crippen LogP contribution is -2.19. The lowest BCUT2D eigenvalue weighted by atomic mass is 10.4.